The molecule has 98 valence electrons. The molecule has 1 fully saturated rings. The number of carboxylic acid groups (broad SMARTS) is 1. The Morgan fingerprint density at radius 1 is 1.18 bits per heavy atom. The Labute approximate surface area is 103 Å². The molecule has 4 nitrogen and oxygen atoms in total. The Morgan fingerprint density at radius 3 is 2.41 bits per heavy atom. The summed E-state index contributed by atoms with van der Waals surface area (Å²) in [4.78, 5) is 22.1. The van der Waals surface area contributed by atoms with Gasteiger partial charge < -0.3 is 10.4 Å². The van der Waals surface area contributed by atoms with Gasteiger partial charge in [0.2, 0.25) is 5.91 Å². The fourth-order valence-corrected chi connectivity index (χ4v) is 2.28. The maximum Gasteiger partial charge on any atom is 0.303 e. The third-order valence-electron chi connectivity index (χ3n) is 3.50. The minimum atomic E-state index is -0.766. The summed E-state index contributed by atoms with van der Waals surface area (Å²) in [5, 5.41) is 11.4. The van der Waals surface area contributed by atoms with Gasteiger partial charge in [-0.05, 0) is 44.4 Å². The molecule has 1 aliphatic rings. The zero-order valence-corrected chi connectivity index (χ0v) is 10.6. The van der Waals surface area contributed by atoms with Crippen molar-refractivity contribution in [3.63, 3.8) is 0 Å². The van der Waals surface area contributed by atoms with Crippen LogP contribution in [0.1, 0.15) is 51.9 Å². The van der Waals surface area contributed by atoms with Gasteiger partial charge in [-0.1, -0.05) is 6.92 Å². The molecule has 0 bridgehead atoms. The van der Waals surface area contributed by atoms with Gasteiger partial charge in [0.05, 0.1) is 0 Å². The number of aliphatic carboxylic acids is 1. The Balaban J connectivity index is 2.06. The molecule has 0 radical (unpaired) electrons. The van der Waals surface area contributed by atoms with Crippen molar-refractivity contribution in [3.8, 4) is 0 Å². The molecule has 0 atom stereocenters. The molecule has 0 aromatic rings. The number of hydrogen-bond acceptors (Lipinski definition) is 2. The van der Waals surface area contributed by atoms with Crippen molar-refractivity contribution in [2.24, 2.45) is 11.8 Å². The largest absolute Gasteiger partial charge is 0.481 e. The van der Waals surface area contributed by atoms with Crippen LogP contribution in [-0.2, 0) is 9.59 Å². The number of hydrogen-bond donors (Lipinski definition) is 2. The standard InChI is InChI=1S/C13H23NO3/c1-10-5-7-11(8-6-10)13(17)14-9-3-2-4-12(15)16/h10-11H,2-9H2,1H3,(H,14,17)(H,15,16). The van der Waals surface area contributed by atoms with Gasteiger partial charge in [0.1, 0.15) is 0 Å². The highest BCUT2D eigenvalue weighted by Crippen LogP contribution is 2.28. The first-order chi connectivity index (χ1) is 8.09. The van der Waals surface area contributed by atoms with Crippen molar-refractivity contribution < 1.29 is 14.7 Å². The predicted molar refractivity (Wildman–Crippen MR) is 65.6 cm³/mol. The van der Waals surface area contributed by atoms with E-state index in [4.69, 9.17) is 5.11 Å². The molecule has 1 amide bonds. The van der Waals surface area contributed by atoms with Crippen molar-refractivity contribution in [1.82, 2.24) is 5.32 Å². The lowest BCUT2D eigenvalue weighted by Crippen LogP contribution is -2.33. The first-order valence-electron chi connectivity index (χ1n) is 6.59. The maximum atomic E-state index is 11.8. The lowest BCUT2D eigenvalue weighted by atomic mass is 9.82. The lowest BCUT2D eigenvalue weighted by molar-refractivity contribution is -0.137. The average Bonchev–Trinajstić information content (AvgIpc) is 2.29. The Bertz CT molecular complexity index is 257. The number of unbranched alkanes of at least 4 members (excludes halogenated alkanes) is 1. The molecular formula is C13H23NO3. The first-order valence-corrected chi connectivity index (χ1v) is 6.59. The van der Waals surface area contributed by atoms with E-state index in [9.17, 15) is 9.59 Å². The fraction of sp³-hybridized carbons (Fsp3) is 0.846. The van der Waals surface area contributed by atoms with Gasteiger partial charge in [-0.15, -0.1) is 0 Å². The maximum absolute atomic E-state index is 11.8. The fourth-order valence-electron chi connectivity index (χ4n) is 2.28. The van der Waals surface area contributed by atoms with Crippen molar-refractivity contribution in [3.05, 3.63) is 0 Å². The van der Waals surface area contributed by atoms with E-state index in [0.29, 0.717) is 13.0 Å². The van der Waals surface area contributed by atoms with E-state index < -0.39 is 5.97 Å². The molecule has 0 aromatic carbocycles. The van der Waals surface area contributed by atoms with E-state index in [1.54, 1.807) is 0 Å². The summed E-state index contributed by atoms with van der Waals surface area (Å²) in [6.07, 6.45) is 5.88. The Hall–Kier alpha value is -1.06. The van der Waals surface area contributed by atoms with Gasteiger partial charge in [-0.25, -0.2) is 0 Å². The van der Waals surface area contributed by atoms with E-state index in [-0.39, 0.29) is 18.2 Å². The van der Waals surface area contributed by atoms with Crippen LogP contribution in [0.25, 0.3) is 0 Å². The number of rotatable bonds is 6. The topological polar surface area (TPSA) is 66.4 Å². The van der Waals surface area contributed by atoms with Crippen LogP contribution in [0.2, 0.25) is 0 Å². The van der Waals surface area contributed by atoms with Crippen molar-refractivity contribution in [1.29, 1.82) is 0 Å². The minimum absolute atomic E-state index is 0.159. The second-order valence-corrected chi connectivity index (χ2v) is 5.10. The third kappa shape index (κ3) is 5.71. The van der Waals surface area contributed by atoms with E-state index in [1.807, 2.05) is 0 Å². The molecule has 0 aliphatic heterocycles. The normalized spacial score (nSPS) is 24.3. The Morgan fingerprint density at radius 2 is 1.82 bits per heavy atom. The number of amides is 1. The van der Waals surface area contributed by atoms with E-state index in [0.717, 1.165) is 38.0 Å². The summed E-state index contributed by atoms with van der Waals surface area (Å²) in [6, 6.07) is 0. The average molecular weight is 241 g/mol. The molecule has 0 aromatic heterocycles. The van der Waals surface area contributed by atoms with Crippen LogP contribution in [0.4, 0.5) is 0 Å². The van der Waals surface area contributed by atoms with Crippen LogP contribution < -0.4 is 5.32 Å². The molecule has 0 unspecified atom stereocenters. The summed E-state index contributed by atoms with van der Waals surface area (Å²) in [5.41, 5.74) is 0. The van der Waals surface area contributed by atoms with E-state index in [1.165, 1.54) is 0 Å². The second-order valence-electron chi connectivity index (χ2n) is 5.10. The summed E-state index contributed by atoms with van der Waals surface area (Å²) in [6.45, 7) is 2.85. The summed E-state index contributed by atoms with van der Waals surface area (Å²) >= 11 is 0. The highest BCUT2D eigenvalue weighted by molar-refractivity contribution is 5.78. The van der Waals surface area contributed by atoms with Crippen molar-refractivity contribution >= 4 is 11.9 Å². The summed E-state index contributed by atoms with van der Waals surface area (Å²) < 4.78 is 0. The van der Waals surface area contributed by atoms with Crippen LogP contribution in [0.5, 0.6) is 0 Å². The number of nitrogens with one attached hydrogen (secondary N) is 1. The zero-order chi connectivity index (χ0) is 12.7. The highest BCUT2D eigenvalue weighted by Gasteiger charge is 2.23. The molecule has 4 heteroatoms. The van der Waals surface area contributed by atoms with Crippen LogP contribution in [0.3, 0.4) is 0 Å². The van der Waals surface area contributed by atoms with Gasteiger partial charge >= 0.3 is 5.97 Å². The second kappa shape index (κ2) is 7.30. The lowest BCUT2D eigenvalue weighted by Gasteiger charge is -2.25. The predicted octanol–water partition coefficient (Wildman–Crippen LogP) is 2.18. The van der Waals surface area contributed by atoms with Crippen LogP contribution >= 0.6 is 0 Å². The molecule has 0 saturated heterocycles. The van der Waals surface area contributed by atoms with Gasteiger partial charge in [0.25, 0.3) is 0 Å². The number of carboxylic acids is 1. The van der Waals surface area contributed by atoms with Crippen LogP contribution in [-0.4, -0.2) is 23.5 Å². The molecule has 0 heterocycles. The van der Waals surface area contributed by atoms with Gasteiger partial charge in [-0.3, -0.25) is 9.59 Å². The molecule has 1 saturated carbocycles. The van der Waals surface area contributed by atoms with Crippen LogP contribution in [0.15, 0.2) is 0 Å². The number of carbonyl (C=O) groups excluding carboxylic acids is 1. The van der Waals surface area contributed by atoms with Crippen molar-refractivity contribution in [2.75, 3.05) is 6.54 Å². The van der Waals surface area contributed by atoms with Gasteiger partial charge in [-0.2, -0.15) is 0 Å². The minimum Gasteiger partial charge on any atom is -0.481 e. The highest BCUT2D eigenvalue weighted by atomic mass is 16.4. The number of carbonyl (C=O) groups is 2. The van der Waals surface area contributed by atoms with Gasteiger partial charge in [0.15, 0.2) is 0 Å². The van der Waals surface area contributed by atoms with E-state index in [2.05, 4.69) is 12.2 Å². The van der Waals surface area contributed by atoms with Crippen molar-refractivity contribution in [2.45, 2.75) is 51.9 Å². The monoisotopic (exact) mass is 241 g/mol. The molecule has 1 aliphatic carbocycles. The molecular weight excluding hydrogens is 218 g/mol. The Kier molecular flexibility index (Phi) is 6.01. The van der Waals surface area contributed by atoms with E-state index >= 15 is 0 Å². The van der Waals surface area contributed by atoms with Gasteiger partial charge in [0, 0.05) is 18.9 Å². The summed E-state index contributed by atoms with van der Waals surface area (Å²) in [7, 11) is 0. The SMILES string of the molecule is CC1CCC(C(=O)NCCCCC(=O)O)CC1. The summed E-state index contributed by atoms with van der Waals surface area (Å²) in [5.74, 6) is 0.338. The molecule has 2 N–H and O–H groups in total. The molecule has 1 rings (SSSR count). The first kappa shape index (κ1) is 14.0. The quantitative estimate of drug-likeness (QED) is 0.700. The van der Waals surface area contributed by atoms with Crippen LogP contribution in [0, 0.1) is 11.8 Å². The zero-order valence-electron chi connectivity index (χ0n) is 10.6. The molecule has 17 heavy (non-hydrogen) atoms. The molecule has 0 spiro atoms. The smallest absolute Gasteiger partial charge is 0.303 e. The third-order valence-corrected chi connectivity index (χ3v) is 3.50.